The lowest BCUT2D eigenvalue weighted by atomic mass is 9.81. The van der Waals surface area contributed by atoms with Crippen molar-refractivity contribution in [2.45, 2.75) is 103 Å². The second-order valence-electron chi connectivity index (χ2n) is 7.79. The molecule has 2 unspecified atom stereocenters. The zero-order valence-corrected chi connectivity index (χ0v) is 17.1. The Morgan fingerprint density at radius 1 is 0.769 bits per heavy atom. The fourth-order valence-electron chi connectivity index (χ4n) is 3.84. The summed E-state index contributed by atoms with van der Waals surface area (Å²) < 4.78 is 10.2. The minimum Gasteiger partial charge on any atom is -0.469 e. The van der Waals surface area contributed by atoms with Crippen LogP contribution in [0.15, 0.2) is 0 Å². The van der Waals surface area contributed by atoms with Gasteiger partial charge in [-0.2, -0.15) is 0 Å². The van der Waals surface area contributed by atoms with E-state index in [9.17, 15) is 9.59 Å². The summed E-state index contributed by atoms with van der Waals surface area (Å²) in [5, 5.41) is 0. The minimum absolute atomic E-state index is 0.120. The lowest BCUT2D eigenvalue weighted by Gasteiger charge is -2.25. The summed E-state index contributed by atoms with van der Waals surface area (Å²) in [7, 11) is 1.41. The molecule has 0 heterocycles. The first-order valence-electron chi connectivity index (χ1n) is 10.9. The normalized spacial score (nSPS) is 19.9. The highest BCUT2D eigenvalue weighted by atomic mass is 16.5. The molecule has 0 aromatic heterocycles. The summed E-state index contributed by atoms with van der Waals surface area (Å²) in [4.78, 5) is 23.8. The molecule has 0 spiro atoms. The standard InChI is InChI=1S/C22H40O4/c1-3-4-5-6-7-8-9-10-11-12-13-17-26-22(24)20-16-14-15-19(18-20)21(23)25-2/h19-20H,3-18H2,1-2H3. The van der Waals surface area contributed by atoms with Gasteiger partial charge in [0.25, 0.3) is 0 Å². The fraction of sp³-hybridized carbons (Fsp3) is 0.909. The zero-order valence-electron chi connectivity index (χ0n) is 17.1. The van der Waals surface area contributed by atoms with Gasteiger partial charge < -0.3 is 9.47 Å². The van der Waals surface area contributed by atoms with Crippen molar-refractivity contribution in [3.63, 3.8) is 0 Å². The molecule has 1 aliphatic carbocycles. The van der Waals surface area contributed by atoms with Gasteiger partial charge in [-0.3, -0.25) is 9.59 Å². The van der Waals surface area contributed by atoms with Gasteiger partial charge in [-0.05, 0) is 25.7 Å². The van der Waals surface area contributed by atoms with Crippen LogP contribution in [0.3, 0.4) is 0 Å². The van der Waals surface area contributed by atoms with Crippen LogP contribution in [-0.4, -0.2) is 25.7 Å². The molecule has 0 aromatic rings. The smallest absolute Gasteiger partial charge is 0.308 e. The van der Waals surface area contributed by atoms with Crippen LogP contribution in [0, 0.1) is 11.8 Å². The van der Waals surface area contributed by atoms with E-state index < -0.39 is 0 Å². The monoisotopic (exact) mass is 368 g/mol. The van der Waals surface area contributed by atoms with E-state index in [4.69, 9.17) is 9.47 Å². The number of unbranched alkanes of at least 4 members (excludes halogenated alkanes) is 10. The lowest BCUT2D eigenvalue weighted by Crippen LogP contribution is -2.29. The number of hydrogen-bond donors (Lipinski definition) is 0. The molecule has 4 nitrogen and oxygen atoms in total. The summed E-state index contributed by atoms with van der Waals surface area (Å²) in [6.45, 7) is 2.78. The van der Waals surface area contributed by atoms with Crippen molar-refractivity contribution >= 4 is 11.9 Å². The molecule has 0 bridgehead atoms. The highest BCUT2D eigenvalue weighted by molar-refractivity contribution is 5.76. The third-order valence-corrected chi connectivity index (χ3v) is 5.53. The van der Waals surface area contributed by atoms with Gasteiger partial charge in [0.1, 0.15) is 0 Å². The third-order valence-electron chi connectivity index (χ3n) is 5.53. The van der Waals surface area contributed by atoms with Crippen LogP contribution >= 0.6 is 0 Å². The average Bonchev–Trinajstić information content (AvgIpc) is 2.68. The van der Waals surface area contributed by atoms with Crippen molar-refractivity contribution in [1.29, 1.82) is 0 Å². The Balaban J connectivity index is 1.96. The Morgan fingerprint density at radius 2 is 1.27 bits per heavy atom. The maximum atomic E-state index is 12.2. The maximum Gasteiger partial charge on any atom is 0.308 e. The molecule has 1 saturated carbocycles. The molecular weight excluding hydrogens is 328 g/mol. The highest BCUT2D eigenvalue weighted by Gasteiger charge is 2.32. The van der Waals surface area contributed by atoms with Crippen molar-refractivity contribution < 1.29 is 19.1 Å². The van der Waals surface area contributed by atoms with Crippen molar-refractivity contribution in [2.75, 3.05) is 13.7 Å². The van der Waals surface area contributed by atoms with Crippen LogP contribution in [0.5, 0.6) is 0 Å². The molecule has 0 aromatic carbocycles. The second-order valence-corrected chi connectivity index (χ2v) is 7.79. The Morgan fingerprint density at radius 3 is 1.81 bits per heavy atom. The molecule has 0 saturated heterocycles. The summed E-state index contributed by atoms with van der Waals surface area (Å²) in [5.74, 6) is -0.563. The summed E-state index contributed by atoms with van der Waals surface area (Å²) in [6.07, 6.45) is 17.3. The number of ether oxygens (including phenoxy) is 2. The SMILES string of the molecule is CCCCCCCCCCCCCOC(=O)C1CCCC(C(=O)OC)C1. The fourth-order valence-corrected chi connectivity index (χ4v) is 3.84. The first-order chi connectivity index (χ1) is 12.7. The predicted octanol–water partition coefficient (Wildman–Crippen LogP) is 5.82. The van der Waals surface area contributed by atoms with Gasteiger partial charge in [0, 0.05) is 0 Å². The van der Waals surface area contributed by atoms with Crippen molar-refractivity contribution in [3.8, 4) is 0 Å². The van der Waals surface area contributed by atoms with Gasteiger partial charge in [-0.1, -0.05) is 77.6 Å². The molecule has 26 heavy (non-hydrogen) atoms. The largest absolute Gasteiger partial charge is 0.469 e. The van der Waals surface area contributed by atoms with Crippen LogP contribution in [-0.2, 0) is 19.1 Å². The molecule has 0 aliphatic heterocycles. The molecule has 0 N–H and O–H groups in total. The predicted molar refractivity (Wildman–Crippen MR) is 105 cm³/mol. The molecule has 1 fully saturated rings. The molecule has 4 heteroatoms. The minimum atomic E-state index is -0.187. The van der Waals surface area contributed by atoms with E-state index in [1.807, 2.05) is 0 Å². The van der Waals surface area contributed by atoms with E-state index in [0.717, 1.165) is 32.1 Å². The maximum absolute atomic E-state index is 12.2. The van der Waals surface area contributed by atoms with Gasteiger partial charge in [0.15, 0.2) is 0 Å². The average molecular weight is 369 g/mol. The molecule has 1 rings (SSSR count). The van der Waals surface area contributed by atoms with Crippen LogP contribution in [0.4, 0.5) is 0 Å². The Hall–Kier alpha value is -1.06. The number of carbonyl (C=O) groups is 2. The van der Waals surface area contributed by atoms with E-state index in [1.165, 1.54) is 64.9 Å². The summed E-state index contributed by atoms with van der Waals surface area (Å²) in [6, 6.07) is 0. The summed E-state index contributed by atoms with van der Waals surface area (Å²) >= 11 is 0. The number of methoxy groups -OCH3 is 1. The molecule has 0 amide bonds. The van der Waals surface area contributed by atoms with Crippen LogP contribution < -0.4 is 0 Å². The van der Waals surface area contributed by atoms with Crippen LogP contribution in [0.2, 0.25) is 0 Å². The van der Waals surface area contributed by atoms with Gasteiger partial charge in [-0.25, -0.2) is 0 Å². The van der Waals surface area contributed by atoms with Gasteiger partial charge >= 0.3 is 11.9 Å². The number of hydrogen-bond acceptors (Lipinski definition) is 4. The lowest BCUT2D eigenvalue weighted by molar-refractivity contribution is -0.153. The molecule has 0 radical (unpaired) electrons. The zero-order chi connectivity index (χ0) is 19.0. The molecule has 2 atom stereocenters. The van der Waals surface area contributed by atoms with Gasteiger partial charge in [-0.15, -0.1) is 0 Å². The number of esters is 2. The van der Waals surface area contributed by atoms with E-state index in [-0.39, 0.29) is 23.8 Å². The van der Waals surface area contributed by atoms with Crippen LogP contribution in [0.1, 0.15) is 103 Å². The molecule has 1 aliphatic rings. The second kappa shape index (κ2) is 15.0. The number of rotatable bonds is 14. The Bertz CT molecular complexity index is 380. The topological polar surface area (TPSA) is 52.6 Å². The van der Waals surface area contributed by atoms with Crippen molar-refractivity contribution in [3.05, 3.63) is 0 Å². The van der Waals surface area contributed by atoms with Crippen LogP contribution in [0.25, 0.3) is 0 Å². The molecule has 152 valence electrons. The number of carbonyl (C=O) groups excluding carboxylic acids is 2. The van der Waals surface area contributed by atoms with E-state index in [1.54, 1.807) is 0 Å². The quantitative estimate of drug-likeness (QED) is 0.286. The van der Waals surface area contributed by atoms with E-state index in [0.29, 0.717) is 13.0 Å². The Labute approximate surface area is 160 Å². The third kappa shape index (κ3) is 10.2. The van der Waals surface area contributed by atoms with E-state index >= 15 is 0 Å². The molecular formula is C22H40O4. The van der Waals surface area contributed by atoms with Crippen molar-refractivity contribution in [1.82, 2.24) is 0 Å². The highest BCUT2D eigenvalue weighted by Crippen LogP contribution is 2.30. The van der Waals surface area contributed by atoms with Crippen molar-refractivity contribution in [2.24, 2.45) is 11.8 Å². The first-order valence-corrected chi connectivity index (χ1v) is 10.9. The van der Waals surface area contributed by atoms with Gasteiger partial charge in [0.05, 0.1) is 25.6 Å². The first kappa shape index (κ1) is 23.0. The Kier molecular flexibility index (Phi) is 13.3. The van der Waals surface area contributed by atoms with Gasteiger partial charge in [0.2, 0.25) is 0 Å². The summed E-state index contributed by atoms with van der Waals surface area (Å²) in [5.41, 5.74) is 0. The van der Waals surface area contributed by atoms with E-state index in [2.05, 4.69) is 6.92 Å².